The molecule has 0 bridgehead atoms. The number of aliphatic hydroxyl groups excluding tert-OH is 1. The number of hydrogen-bond donors (Lipinski definition) is 1. The van der Waals surface area contributed by atoms with Crippen molar-refractivity contribution < 1.29 is 14.6 Å². The van der Waals surface area contributed by atoms with Crippen LogP contribution in [0.5, 0.6) is 11.5 Å². The molecule has 2 aromatic rings. The van der Waals surface area contributed by atoms with Crippen LogP contribution in [0.3, 0.4) is 0 Å². The van der Waals surface area contributed by atoms with E-state index in [1.807, 2.05) is 37.3 Å². The summed E-state index contributed by atoms with van der Waals surface area (Å²) < 4.78 is 11.0. The molecule has 0 saturated carbocycles. The first kappa shape index (κ1) is 14.3. The third-order valence-electron chi connectivity index (χ3n) is 2.74. The molecule has 20 heavy (non-hydrogen) atoms. The Hall–Kier alpha value is -2.07. The number of rotatable bonds is 7. The Morgan fingerprint density at radius 3 is 2.65 bits per heavy atom. The van der Waals surface area contributed by atoms with E-state index < -0.39 is 6.10 Å². The smallest absolute Gasteiger partial charge is 0.137 e. The number of benzene rings is 1. The van der Waals surface area contributed by atoms with Crippen LogP contribution in [0.4, 0.5) is 0 Å². The van der Waals surface area contributed by atoms with E-state index in [4.69, 9.17) is 9.47 Å². The first-order valence-electron chi connectivity index (χ1n) is 6.73. The van der Waals surface area contributed by atoms with Gasteiger partial charge in [-0.05, 0) is 24.6 Å². The molecule has 0 aliphatic heterocycles. The SMILES string of the molecule is CCCOc1cncc(C(O)COc2ccccc2)c1. The van der Waals surface area contributed by atoms with Gasteiger partial charge in [0.15, 0.2) is 0 Å². The first-order chi connectivity index (χ1) is 9.79. The summed E-state index contributed by atoms with van der Waals surface area (Å²) in [7, 11) is 0. The van der Waals surface area contributed by atoms with E-state index in [-0.39, 0.29) is 6.61 Å². The van der Waals surface area contributed by atoms with Gasteiger partial charge >= 0.3 is 0 Å². The van der Waals surface area contributed by atoms with Gasteiger partial charge in [-0.3, -0.25) is 4.98 Å². The minimum absolute atomic E-state index is 0.183. The van der Waals surface area contributed by atoms with Crippen molar-refractivity contribution in [1.29, 1.82) is 0 Å². The molecular weight excluding hydrogens is 254 g/mol. The quantitative estimate of drug-likeness (QED) is 0.842. The first-order valence-corrected chi connectivity index (χ1v) is 6.73. The molecule has 4 heteroatoms. The van der Waals surface area contributed by atoms with Crippen LogP contribution in [0, 0.1) is 0 Å². The molecule has 4 nitrogen and oxygen atoms in total. The van der Waals surface area contributed by atoms with E-state index in [2.05, 4.69) is 4.98 Å². The van der Waals surface area contributed by atoms with Crippen LogP contribution in [0.25, 0.3) is 0 Å². The van der Waals surface area contributed by atoms with Gasteiger partial charge in [-0.15, -0.1) is 0 Å². The highest BCUT2D eigenvalue weighted by molar-refractivity contribution is 5.26. The molecule has 0 fully saturated rings. The van der Waals surface area contributed by atoms with Gasteiger partial charge in [0.05, 0.1) is 12.8 Å². The Bertz CT molecular complexity index is 516. The van der Waals surface area contributed by atoms with Crippen LogP contribution in [-0.2, 0) is 0 Å². The Morgan fingerprint density at radius 2 is 1.90 bits per heavy atom. The van der Waals surface area contributed by atoms with Gasteiger partial charge in [0.1, 0.15) is 24.2 Å². The lowest BCUT2D eigenvalue weighted by Gasteiger charge is -2.13. The second-order valence-electron chi connectivity index (χ2n) is 4.44. The topological polar surface area (TPSA) is 51.6 Å². The minimum atomic E-state index is -0.729. The molecule has 106 valence electrons. The second-order valence-corrected chi connectivity index (χ2v) is 4.44. The van der Waals surface area contributed by atoms with Crippen LogP contribution in [0.15, 0.2) is 48.8 Å². The predicted molar refractivity (Wildman–Crippen MR) is 76.9 cm³/mol. The molecule has 0 saturated heterocycles. The maximum Gasteiger partial charge on any atom is 0.137 e. The van der Waals surface area contributed by atoms with Crippen LogP contribution >= 0.6 is 0 Å². The summed E-state index contributed by atoms with van der Waals surface area (Å²) >= 11 is 0. The summed E-state index contributed by atoms with van der Waals surface area (Å²) in [4.78, 5) is 4.07. The molecule has 0 aliphatic rings. The van der Waals surface area contributed by atoms with Crippen molar-refractivity contribution in [3.63, 3.8) is 0 Å². The zero-order valence-electron chi connectivity index (χ0n) is 11.5. The van der Waals surface area contributed by atoms with Gasteiger partial charge in [0.2, 0.25) is 0 Å². The monoisotopic (exact) mass is 273 g/mol. The molecule has 2 rings (SSSR count). The van der Waals surface area contributed by atoms with E-state index in [0.29, 0.717) is 17.9 Å². The molecule has 1 aromatic heterocycles. The lowest BCUT2D eigenvalue weighted by molar-refractivity contribution is 0.107. The number of hydrogen-bond acceptors (Lipinski definition) is 4. The lowest BCUT2D eigenvalue weighted by atomic mass is 10.2. The summed E-state index contributed by atoms with van der Waals surface area (Å²) in [6, 6.07) is 11.2. The summed E-state index contributed by atoms with van der Waals surface area (Å²) in [5.74, 6) is 1.40. The number of para-hydroxylation sites is 1. The van der Waals surface area contributed by atoms with Gasteiger partial charge in [-0.1, -0.05) is 25.1 Å². The highest BCUT2D eigenvalue weighted by Gasteiger charge is 2.10. The van der Waals surface area contributed by atoms with Gasteiger partial charge < -0.3 is 14.6 Å². The van der Waals surface area contributed by atoms with Gasteiger partial charge in [-0.25, -0.2) is 0 Å². The van der Waals surface area contributed by atoms with Crippen molar-refractivity contribution in [1.82, 2.24) is 4.98 Å². The maximum atomic E-state index is 10.1. The maximum absolute atomic E-state index is 10.1. The van der Waals surface area contributed by atoms with Crippen molar-refractivity contribution in [2.24, 2.45) is 0 Å². The van der Waals surface area contributed by atoms with Crippen molar-refractivity contribution in [2.45, 2.75) is 19.4 Å². The highest BCUT2D eigenvalue weighted by Crippen LogP contribution is 2.19. The predicted octanol–water partition coefficient (Wildman–Crippen LogP) is 2.98. The molecule has 0 spiro atoms. The fourth-order valence-electron chi connectivity index (χ4n) is 1.70. The van der Waals surface area contributed by atoms with Crippen LogP contribution in [0.1, 0.15) is 25.0 Å². The highest BCUT2D eigenvalue weighted by atomic mass is 16.5. The third-order valence-corrected chi connectivity index (χ3v) is 2.74. The minimum Gasteiger partial charge on any atom is -0.492 e. The average molecular weight is 273 g/mol. The zero-order valence-corrected chi connectivity index (χ0v) is 11.5. The van der Waals surface area contributed by atoms with Crippen molar-refractivity contribution >= 4 is 0 Å². The summed E-state index contributed by atoms with van der Waals surface area (Å²) in [6.45, 7) is 2.87. The fraction of sp³-hybridized carbons (Fsp3) is 0.312. The van der Waals surface area contributed by atoms with E-state index in [0.717, 1.165) is 12.2 Å². The zero-order chi connectivity index (χ0) is 14.2. The van der Waals surface area contributed by atoms with Crippen molar-refractivity contribution in [2.75, 3.05) is 13.2 Å². The molecule has 1 aromatic carbocycles. The number of nitrogens with zero attached hydrogens (tertiary/aromatic N) is 1. The van der Waals surface area contributed by atoms with E-state index in [1.165, 1.54) is 0 Å². The summed E-state index contributed by atoms with van der Waals surface area (Å²) in [6.07, 6.45) is 3.47. The molecule has 1 N–H and O–H groups in total. The molecule has 0 radical (unpaired) electrons. The van der Waals surface area contributed by atoms with E-state index in [9.17, 15) is 5.11 Å². The van der Waals surface area contributed by atoms with Crippen molar-refractivity contribution in [3.8, 4) is 11.5 Å². The fourth-order valence-corrected chi connectivity index (χ4v) is 1.70. The van der Waals surface area contributed by atoms with E-state index in [1.54, 1.807) is 18.5 Å². The summed E-state index contributed by atoms with van der Waals surface area (Å²) in [5, 5.41) is 10.1. The Morgan fingerprint density at radius 1 is 1.10 bits per heavy atom. The number of aliphatic hydroxyl groups is 1. The molecular formula is C16H19NO3. The second kappa shape index (κ2) is 7.50. The number of ether oxygens (including phenoxy) is 2. The Labute approximate surface area is 119 Å². The normalized spacial score (nSPS) is 11.9. The summed E-state index contributed by atoms with van der Waals surface area (Å²) in [5.41, 5.74) is 0.689. The van der Waals surface area contributed by atoms with Crippen LogP contribution in [-0.4, -0.2) is 23.3 Å². The van der Waals surface area contributed by atoms with Crippen LogP contribution in [0.2, 0.25) is 0 Å². The number of pyridine rings is 1. The third kappa shape index (κ3) is 4.24. The number of aromatic nitrogens is 1. The molecule has 0 amide bonds. The molecule has 1 heterocycles. The van der Waals surface area contributed by atoms with Gasteiger partial charge in [-0.2, -0.15) is 0 Å². The van der Waals surface area contributed by atoms with Gasteiger partial charge in [0.25, 0.3) is 0 Å². The molecule has 1 unspecified atom stereocenters. The molecule has 1 atom stereocenters. The molecule has 0 aliphatic carbocycles. The van der Waals surface area contributed by atoms with Gasteiger partial charge in [0, 0.05) is 11.8 Å². The lowest BCUT2D eigenvalue weighted by Crippen LogP contribution is -2.10. The Balaban J connectivity index is 1.93. The van der Waals surface area contributed by atoms with E-state index >= 15 is 0 Å². The average Bonchev–Trinajstić information content (AvgIpc) is 2.52. The Kier molecular flexibility index (Phi) is 5.38. The standard InChI is InChI=1S/C16H19NO3/c1-2-8-19-15-9-13(10-17-11-15)16(18)12-20-14-6-4-3-5-7-14/h3-7,9-11,16,18H,2,8,12H2,1H3. The van der Waals surface area contributed by atoms with Crippen molar-refractivity contribution in [3.05, 3.63) is 54.4 Å². The largest absolute Gasteiger partial charge is 0.492 e. The van der Waals surface area contributed by atoms with Crippen LogP contribution < -0.4 is 9.47 Å².